The Kier molecular flexibility index (Phi) is 4.46. The van der Waals surface area contributed by atoms with E-state index in [0.29, 0.717) is 17.2 Å². The van der Waals surface area contributed by atoms with Crippen LogP contribution in [-0.4, -0.2) is 11.6 Å². The second-order valence-electron chi connectivity index (χ2n) is 5.70. The first kappa shape index (κ1) is 15.3. The zero-order valence-electron chi connectivity index (χ0n) is 13.1. The molecule has 0 saturated heterocycles. The molecule has 1 heterocycles. The Hall–Kier alpha value is -2.10. The molecule has 0 bridgehead atoms. The van der Waals surface area contributed by atoms with Crippen LogP contribution in [0.4, 0.5) is 0 Å². The van der Waals surface area contributed by atoms with E-state index in [0.717, 1.165) is 35.5 Å². The van der Waals surface area contributed by atoms with Gasteiger partial charge in [-0.3, -0.25) is 4.79 Å². The van der Waals surface area contributed by atoms with Crippen molar-refractivity contribution < 1.29 is 9.21 Å². The lowest BCUT2D eigenvalue weighted by Crippen LogP contribution is -2.23. The summed E-state index contributed by atoms with van der Waals surface area (Å²) in [4.78, 5) is 12.1. The van der Waals surface area contributed by atoms with E-state index in [2.05, 4.69) is 23.2 Å². The maximum atomic E-state index is 12.1. The van der Waals surface area contributed by atoms with Crippen molar-refractivity contribution >= 4 is 11.6 Å². The van der Waals surface area contributed by atoms with Gasteiger partial charge >= 0.3 is 0 Å². The SMILES string of the molecule is C=C(C)[C@@H]1CC=C(C)/C(=N\NC(=O)c2cc(C)oc2C)C1. The summed E-state index contributed by atoms with van der Waals surface area (Å²) in [5, 5.41) is 4.29. The molecule has 1 amide bonds. The Morgan fingerprint density at radius 2 is 2.14 bits per heavy atom. The molecular formula is C17H22N2O2. The van der Waals surface area contributed by atoms with Gasteiger partial charge in [0.15, 0.2) is 0 Å². The maximum Gasteiger partial charge on any atom is 0.274 e. The lowest BCUT2D eigenvalue weighted by atomic mass is 9.85. The molecule has 0 aromatic carbocycles. The molecule has 0 aliphatic heterocycles. The third kappa shape index (κ3) is 3.51. The van der Waals surface area contributed by atoms with E-state index in [4.69, 9.17) is 4.42 Å². The molecule has 1 aromatic rings. The van der Waals surface area contributed by atoms with Crippen LogP contribution in [0, 0.1) is 19.8 Å². The zero-order valence-corrected chi connectivity index (χ0v) is 13.1. The van der Waals surface area contributed by atoms with Gasteiger partial charge in [0, 0.05) is 0 Å². The van der Waals surface area contributed by atoms with E-state index in [-0.39, 0.29) is 5.91 Å². The third-order valence-electron chi connectivity index (χ3n) is 3.88. The average molecular weight is 286 g/mol. The molecule has 112 valence electrons. The number of allylic oxidation sites excluding steroid dienone is 3. The number of carbonyl (C=O) groups is 1. The second kappa shape index (κ2) is 6.12. The normalized spacial score (nSPS) is 20.3. The maximum absolute atomic E-state index is 12.1. The van der Waals surface area contributed by atoms with Gasteiger partial charge in [-0.25, -0.2) is 5.43 Å². The van der Waals surface area contributed by atoms with Crippen LogP contribution in [0.1, 0.15) is 48.6 Å². The fraction of sp³-hybridized carbons (Fsp3) is 0.412. The molecule has 0 fully saturated rings. The Morgan fingerprint density at radius 1 is 1.43 bits per heavy atom. The molecule has 1 N–H and O–H groups in total. The molecule has 1 aliphatic carbocycles. The summed E-state index contributed by atoms with van der Waals surface area (Å²) >= 11 is 0. The zero-order chi connectivity index (χ0) is 15.6. The molecule has 1 aliphatic rings. The summed E-state index contributed by atoms with van der Waals surface area (Å²) in [6.07, 6.45) is 3.97. The fourth-order valence-corrected chi connectivity index (χ4v) is 2.46. The van der Waals surface area contributed by atoms with E-state index in [9.17, 15) is 4.79 Å². The van der Waals surface area contributed by atoms with Gasteiger partial charge in [0.25, 0.3) is 5.91 Å². The van der Waals surface area contributed by atoms with Crippen LogP contribution in [-0.2, 0) is 0 Å². The molecular weight excluding hydrogens is 264 g/mol. The number of hydrogen-bond acceptors (Lipinski definition) is 3. The Balaban J connectivity index is 2.11. The molecule has 1 atom stereocenters. The molecule has 0 unspecified atom stereocenters. The van der Waals surface area contributed by atoms with Crippen molar-refractivity contribution in [3.63, 3.8) is 0 Å². The standard InChI is InChI=1S/C17H22N2O2/c1-10(2)14-7-6-11(3)16(9-14)18-19-17(20)15-8-12(4)21-13(15)5/h6,8,14H,1,7,9H2,2-5H3,(H,19,20)/b18-16-/t14-/m1/s1. The molecule has 1 aromatic heterocycles. The van der Waals surface area contributed by atoms with Crippen LogP contribution in [0.25, 0.3) is 0 Å². The number of rotatable bonds is 3. The van der Waals surface area contributed by atoms with Crippen molar-refractivity contribution in [1.29, 1.82) is 0 Å². The molecule has 0 saturated carbocycles. The lowest BCUT2D eigenvalue weighted by molar-refractivity contribution is 0.0953. The molecule has 0 radical (unpaired) electrons. The van der Waals surface area contributed by atoms with Crippen molar-refractivity contribution in [2.45, 2.75) is 40.5 Å². The first-order valence-corrected chi connectivity index (χ1v) is 7.15. The summed E-state index contributed by atoms with van der Waals surface area (Å²) in [6.45, 7) is 11.7. The lowest BCUT2D eigenvalue weighted by Gasteiger charge is -2.22. The van der Waals surface area contributed by atoms with Crippen LogP contribution >= 0.6 is 0 Å². The van der Waals surface area contributed by atoms with Crippen molar-refractivity contribution in [2.24, 2.45) is 11.0 Å². The Labute approximate surface area is 125 Å². The number of hydrogen-bond donors (Lipinski definition) is 1. The van der Waals surface area contributed by atoms with Crippen LogP contribution in [0.2, 0.25) is 0 Å². The highest BCUT2D eigenvalue weighted by molar-refractivity contribution is 6.02. The van der Waals surface area contributed by atoms with Crippen molar-refractivity contribution in [1.82, 2.24) is 5.43 Å². The van der Waals surface area contributed by atoms with Crippen molar-refractivity contribution in [3.05, 3.63) is 47.0 Å². The van der Waals surface area contributed by atoms with Gasteiger partial charge in [-0.2, -0.15) is 5.10 Å². The largest absolute Gasteiger partial charge is 0.466 e. The number of nitrogens with one attached hydrogen (secondary N) is 1. The minimum atomic E-state index is -0.234. The van der Waals surface area contributed by atoms with Crippen LogP contribution < -0.4 is 5.43 Å². The van der Waals surface area contributed by atoms with Crippen molar-refractivity contribution in [3.8, 4) is 0 Å². The van der Waals surface area contributed by atoms with E-state index in [1.165, 1.54) is 0 Å². The minimum Gasteiger partial charge on any atom is -0.466 e. The van der Waals surface area contributed by atoms with Gasteiger partial charge in [-0.15, -0.1) is 0 Å². The van der Waals surface area contributed by atoms with Gasteiger partial charge < -0.3 is 4.42 Å². The van der Waals surface area contributed by atoms with Gasteiger partial charge in [-0.1, -0.05) is 18.2 Å². The summed E-state index contributed by atoms with van der Waals surface area (Å²) in [7, 11) is 0. The van der Waals surface area contributed by atoms with E-state index in [1.54, 1.807) is 13.0 Å². The monoisotopic (exact) mass is 286 g/mol. The predicted molar refractivity (Wildman–Crippen MR) is 84.4 cm³/mol. The topological polar surface area (TPSA) is 54.6 Å². The third-order valence-corrected chi connectivity index (χ3v) is 3.88. The number of amides is 1. The van der Waals surface area contributed by atoms with Gasteiger partial charge in [0.2, 0.25) is 0 Å². The average Bonchev–Trinajstić information content (AvgIpc) is 2.76. The van der Waals surface area contributed by atoms with Gasteiger partial charge in [-0.05, 0) is 58.1 Å². The van der Waals surface area contributed by atoms with Gasteiger partial charge in [0.1, 0.15) is 11.5 Å². The van der Waals surface area contributed by atoms with Crippen LogP contribution in [0.5, 0.6) is 0 Å². The molecule has 4 nitrogen and oxygen atoms in total. The Bertz CT molecular complexity index is 635. The number of furan rings is 1. The molecule has 2 rings (SSSR count). The molecule has 0 spiro atoms. The first-order chi connectivity index (χ1) is 9.88. The number of nitrogens with zero attached hydrogens (tertiary/aromatic N) is 1. The summed E-state index contributed by atoms with van der Waals surface area (Å²) in [5.41, 5.74) is 6.35. The minimum absolute atomic E-state index is 0.234. The smallest absolute Gasteiger partial charge is 0.274 e. The molecule has 4 heteroatoms. The van der Waals surface area contributed by atoms with Crippen LogP contribution in [0.15, 0.2) is 39.4 Å². The van der Waals surface area contributed by atoms with Gasteiger partial charge in [0.05, 0.1) is 11.3 Å². The van der Waals surface area contributed by atoms with Crippen molar-refractivity contribution in [2.75, 3.05) is 0 Å². The summed E-state index contributed by atoms with van der Waals surface area (Å²) in [6, 6.07) is 1.73. The van der Waals surface area contributed by atoms with Crippen LogP contribution in [0.3, 0.4) is 0 Å². The Morgan fingerprint density at radius 3 is 2.71 bits per heavy atom. The van der Waals surface area contributed by atoms with E-state index < -0.39 is 0 Å². The highest BCUT2D eigenvalue weighted by Crippen LogP contribution is 2.26. The fourth-order valence-electron chi connectivity index (χ4n) is 2.46. The first-order valence-electron chi connectivity index (χ1n) is 7.15. The quantitative estimate of drug-likeness (QED) is 0.676. The van der Waals surface area contributed by atoms with E-state index >= 15 is 0 Å². The second-order valence-corrected chi connectivity index (χ2v) is 5.70. The number of aryl methyl sites for hydroxylation is 2. The highest BCUT2D eigenvalue weighted by atomic mass is 16.3. The predicted octanol–water partition coefficient (Wildman–Crippen LogP) is 3.91. The summed E-state index contributed by atoms with van der Waals surface area (Å²) < 4.78 is 5.36. The van der Waals surface area contributed by atoms with E-state index in [1.807, 2.05) is 20.8 Å². The highest BCUT2D eigenvalue weighted by Gasteiger charge is 2.19. The number of carbonyl (C=O) groups excluding carboxylic acids is 1. The summed E-state index contributed by atoms with van der Waals surface area (Å²) in [5.74, 6) is 1.51. The molecule has 21 heavy (non-hydrogen) atoms. The number of hydrazone groups is 1.